The van der Waals surface area contributed by atoms with Crippen molar-refractivity contribution in [2.24, 2.45) is 0 Å². The van der Waals surface area contributed by atoms with Crippen molar-refractivity contribution in [2.45, 2.75) is 24.9 Å². The first kappa shape index (κ1) is 12.9. The van der Waals surface area contributed by atoms with Crippen LogP contribution >= 0.6 is 0 Å². The Morgan fingerprint density at radius 2 is 2.22 bits per heavy atom. The van der Waals surface area contributed by atoms with Crippen LogP contribution in [-0.2, 0) is 11.3 Å². The highest BCUT2D eigenvalue weighted by molar-refractivity contribution is 5.82. The lowest BCUT2D eigenvalue weighted by molar-refractivity contribution is -0.132. The number of likely N-dealkylation sites (N-methyl/N-ethyl adjacent to an activating group) is 1. The number of rotatable bonds is 3. The molecule has 1 unspecified atom stereocenters. The maximum absolute atomic E-state index is 13.0. The number of amides is 1. The monoisotopic (exact) mass is 255 g/mol. The van der Waals surface area contributed by atoms with Gasteiger partial charge in [0.05, 0.1) is 12.6 Å². The summed E-state index contributed by atoms with van der Waals surface area (Å²) in [6.45, 7) is -0.0302. The van der Waals surface area contributed by atoms with Crippen LogP contribution in [0.5, 0.6) is 0 Å². The molecule has 1 aliphatic rings. The number of aromatic nitrogens is 1. The summed E-state index contributed by atoms with van der Waals surface area (Å²) in [6, 6.07) is 2.80. The Morgan fingerprint density at radius 1 is 1.56 bits per heavy atom. The van der Waals surface area contributed by atoms with Crippen molar-refractivity contribution in [3.63, 3.8) is 0 Å². The first-order valence-corrected chi connectivity index (χ1v) is 5.73. The molecule has 0 aromatic carbocycles. The molecule has 1 fully saturated rings. The summed E-state index contributed by atoms with van der Waals surface area (Å²) in [5.41, 5.74) is 0.922. The molecule has 1 amide bonds. The summed E-state index contributed by atoms with van der Waals surface area (Å²) < 4.78 is 26.0. The average molecular weight is 255 g/mol. The summed E-state index contributed by atoms with van der Waals surface area (Å²) in [5.74, 6) is -3.08. The van der Waals surface area contributed by atoms with E-state index < -0.39 is 24.9 Å². The molecular formula is C12H15F2N3O. The summed E-state index contributed by atoms with van der Waals surface area (Å²) in [5, 5.41) is 2.56. The van der Waals surface area contributed by atoms with Crippen LogP contribution in [0.15, 0.2) is 24.5 Å². The number of halogens is 2. The molecule has 6 heteroatoms. The number of pyridine rings is 1. The van der Waals surface area contributed by atoms with E-state index in [1.807, 2.05) is 0 Å². The van der Waals surface area contributed by atoms with E-state index in [4.69, 9.17) is 0 Å². The molecule has 1 aromatic rings. The van der Waals surface area contributed by atoms with Gasteiger partial charge in [-0.3, -0.25) is 15.1 Å². The number of hydrogen-bond donors (Lipinski definition) is 1. The quantitative estimate of drug-likeness (QED) is 0.877. The molecular weight excluding hydrogens is 240 g/mol. The van der Waals surface area contributed by atoms with Gasteiger partial charge in [-0.05, 0) is 17.7 Å². The van der Waals surface area contributed by atoms with Crippen molar-refractivity contribution in [1.82, 2.24) is 15.2 Å². The highest BCUT2D eigenvalue weighted by Crippen LogP contribution is 2.26. The minimum atomic E-state index is -2.78. The molecule has 0 aliphatic carbocycles. The zero-order chi connectivity index (χ0) is 13.2. The number of carbonyl (C=O) groups is 1. The molecule has 1 aliphatic heterocycles. The molecule has 0 radical (unpaired) electrons. The maximum atomic E-state index is 13.0. The van der Waals surface area contributed by atoms with Gasteiger partial charge in [-0.1, -0.05) is 0 Å². The van der Waals surface area contributed by atoms with Gasteiger partial charge in [-0.15, -0.1) is 0 Å². The zero-order valence-corrected chi connectivity index (χ0v) is 10.1. The average Bonchev–Trinajstić information content (AvgIpc) is 2.70. The Kier molecular flexibility index (Phi) is 3.56. The molecule has 1 atom stereocenters. The highest BCUT2D eigenvalue weighted by Gasteiger charge is 2.43. The molecule has 1 N–H and O–H groups in total. The van der Waals surface area contributed by atoms with Crippen LogP contribution in [0.4, 0.5) is 8.78 Å². The standard InChI is InChI=1S/C12H15F2N3O/c1-17(7-9-2-4-15-5-3-9)11(18)10-6-12(13,14)8-16-10/h2-5,10,16H,6-8H2,1H3. The summed E-state index contributed by atoms with van der Waals surface area (Å²) >= 11 is 0. The largest absolute Gasteiger partial charge is 0.340 e. The molecule has 98 valence electrons. The van der Waals surface area contributed by atoms with E-state index in [0.717, 1.165) is 5.56 Å². The molecule has 2 rings (SSSR count). The predicted octanol–water partition coefficient (Wildman–Crippen LogP) is 1.04. The Bertz CT molecular complexity index is 425. The summed E-state index contributed by atoms with van der Waals surface area (Å²) in [7, 11) is 1.61. The van der Waals surface area contributed by atoms with Crippen LogP contribution < -0.4 is 5.32 Å². The fourth-order valence-corrected chi connectivity index (χ4v) is 2.00. The fraction of sp³-hybridized carbons (Fsp3) is 0.500. The molecule has 4 nitrogen and oxygen atoms in total. The van der Waals surface area contributed by atoms with Gasteiger partial charge in [0.1, 0.15) is 0 Å². The van der Waals surface area contributed by atoms with Crippen molar-refractivity contribution in [2.75, 3.05) is 13.6 Å². The first-order valence-electron chi connectivity index (χ1n) is 5.73. The molecule has 1 saturated heterocycles. The van der Waals surface area contributed by atoms with Crippen molar-refractivity contribution >= 4 is 5.91 Å². The van der Waals surface area contributed by atoms with Crippen LogP contribution in [0.1, 0.15) is 12.0 Å². The van der Waals surface area contributed by atoms with Crippen LogP contribution in [0.3, 0.4) is 0 Å². The van der Waals surface area contributed by atoms with Crippen molar-refractivity contribution in [3.05, 3.63) is 30.1 Å². The maximum Gasteiger partial charge on any atom is 0.262 e. The lowest BCUT2D eigenvalue weighted by atomic mass is 10.1. The molecule has 18 heavy (non-hydrogen) atoms. The minimum absolute atomic E-state index is 0.302. The topological polar surface area (TPSA) is 45.2 Å². The normalized spacial score (nSPS) is 21.8. The van der Waals surface area contributed by atoms with Crippen LogP contribution in [-0.4, -0.2) is 41.3 Å². The van der Waals surface area contributed by atoms with E-state index in [9.17, 15) is 13.6 Å². The van der Waals surface area contributed by atoms with Gasteiger partial charge >= 0.3 is 0 Å². The second kappa shape index (κ2) is 4.97. The predicted molar refractivity (Wildman–Crippen MR) is 62.1 cm³/mol. The number of alkyl halides is 2. The smallest absolute Gasteiger partial charge is 0.262 e. The fourth-order valence-electron chi connectivity index (χ4n) is 2.00. The van der Waals surface area contributed by atoms with Gasteiger partial charge in [0.15, 0.2) is 0 Å². The second-order valence-electron chi connectivity index (χ2n) is 4.54. The lowest BCUT2D eigenvalue weighted by Crippen LogP contribution is -2.41. The zero-order valence-electron chi connectivity index (χ0n) is 10.1. The Hall–Kier alpha value is -1.56. The minimum Gasteiger partial charge on any atom is -0.340 e. The van der Waals surface area contributed by atoms with E-state index >= 15 is 0 Å². The van der Waals surface area contributed by atoms with Crippen molar-refractivity contribution in [3.8, 4) is 0 Å². The molecule has 0 bridgehead atoms. The van der Waals surface area contributed by atoms with Gasteiger partial charge in [0, 0.05) is 32.4 Å². The molecule has 0 spiro atoms. The number of nitrogens with zero attached hydrogens (tertiary/aromatic N) is 2. The van der Waals surface area contributed by atoms with Crippen molar-refractivity contribution in [1.29, 1.82) is 0 Å². The molecule has 2 heterocycles. The highest BCUT2D eigenvalue weighted by atomic mass is 19.3. The van der Waals surface area contributed by atoms with Crippen LogP contribution in [0.25, 0.3) is 0 Å². The van der Waals surface area contributed by atoms with Gasteiger partial charge in [-0.2, -0.15) is 0 Å². The van der Waals surface area contributed by atoms with Gasteiger partial charge in [-0.25, -0.2) is 8.78 Å². The van der Waals surface area contributed by atoms with Crippen LogP contribution in [0, 0.1) is 0 Å². The summed E-state index contributed by atoms with van der Waals surface area (Å²) in [6.07, 6.45) is 2.84. The van der Waals surface area contributed by atoms with Gasteiger partial charge in [0.25, 0.3) is 5.92 Å². The second-order valence-corrected chi connectivity index (χ2v) is 4.54. The summed E-state index contributed by atoms with van der Waals surface area (Å²) in [4.78, 5) is 17.3. The number of hydrogen-bond acceptors (Lipinski definition) is 3. The van der Waals surface area contributed by atoms with E-state index in [1.165, 1.54) is 4.90 Å². The first-order chi connectivity index (χ1) is 8.48. The molecule has 1 aromatic heterocycles. The van der Waals surface area contributed by atoms with E-state index in [1.54, 1.807) is 31.6 Å². The third kappa shape index (κ3) is 3.01. The lowest BCUT2D eigenvalue weighted by Gasteiger charge is -2.21. The van der Waals surface area contributed by atoms with Gasteiger partial charge in [0.2, 0.25) is 5.91 Å². The number of nitrogens with one attached hydrogen (secondary N) is 1. The third-order valence-corrected chi connectivity index (χ3v) is 2.95. The van der Waals surface area contributed by atoms with Crippen LogP contribution in [0.2, 0.25) is 0 Å². The van der Waals surface area contributed by atoms with E-state index in [0.29, 0.717) is 6.54 Å². The van der Waals surface area contributed by atoms with E-state index in [-0.39, 0.29) is 5.91 Å². The molecule has 0 saturated carbocycles. The van der Waals surface area contributed by atoms with Gasteiger partial charge < -0.3 is 4.90 Å². The Balaban J connectivity index is 1.94. The van der Waals surface area contributed by atoms with Crippen molar-refractivity contribution < 1.29 is 13.6 Å². The SMILES string of the molecule is CN(Cc1ccncc1)C(=O)C1CC(F)(F)CN1. The third-order valence-electron chi connectivity index (χ3n) is 2.95. The number of carbonyl (C=O) groups excluding carboxylic acids is 1. The van der Waals surface area contributed by atoms with E-state index in [2.05, 4.69) is 10.3 Å². The Labute approximate surface area is 104 Å². The Morgan fingerprint density at radius 3 is 2.78 bits per heavy atom.